The predicted molar refractivity (Wildman–Crippen MR) is 64.2 cm³/mol. The Balaban J connectivity index is 2.38. The van der Waals surface area contributed by atoms with Gasteiger partial charge in [0.2, 0.25) is 0 Å². The molecule has 0 aromatic carbocycles. The summed E-state index contributed by atoms with van der Waals surface area (Å²) in [4.78, 5) is 12.3. The minimum absolute atomic E-state index is 0.0235. The van der Waals surface area contributed by atoms with Crippen molar-refractivity contribution in [1.29, 1.82) is 5.26 Å². The van der Waals surface area contributed by atoms with E-state index < -0.39 is 11.3 Å². The third kappa shape index (κ3) is 1.79. The predicted octanol–water partition coefficient (Wildman–Crippen LogP) is 2.70. The van der Waals surface area contributed by atoms with Crippen molar-refractivity contribution in [3.05, 3.63) is 0 Å². The lowest BCUT2D eigenvalue weighted by molar-refractivity contribution is -0.194. The zero-order valence-corrected chi connectivity index (χ0v) is 11.1. The summed E-state index contributed by atoms with van der Waals surface area (Å²) >= 11 is 0. The van der Waals surface area contributed by atoms with Crippen LogP contribution in [0.1, 0.15) is 47.0 Å². The van der Waals surface area contributed by atoms with E-state index in [2.05, 4.69) is 19.9 Å². The average molecular weight is 235 g/mol. The van der Waals surface area contributed by atoms with E-state index in [0.29, 0.717) is 6.42 Å². The van der Waals surface area contributed by atoms with Crippen molar-refractivity contribution in [3.8, 4) is 6.07 Å². The minimum Gasteiger partial charge on any atom is -0.374 e. The second kappa shape index (κ2) is 3.81. The maximum atomic E-state index is 12.3. The topological polar surface area (TPSA) is 50.1 Å². The molecular formula is C14H21NO2. The Labute approximate surface area is 103 Å². The molecule has 1 aliphatic heterocycles. The molecule has 1 saturated heterocycles. The molecule has 2 rings (SSSR count). The maximum absolute atomic E-state index is 12.3. The first-order chi connectivity index (χ1) is 7.81. The minimum atomic E-state index is -0.540. The van der Waals surface area contributed by atoms with Gasteiger partial charge in [0.05, 0.1) is 23.7 Å². The highest BCUT2D eigenvalue weighted by Crippen LogP contribution is 2.53. The molecule has 0 spiro atoms. The van der Waals surface area contributed by atoms with Crippen LogP contribution in [0.25, 0.3) is 0 Å². The van der Waals surface area contributed by atoms with Crippen LogP contribution >= 0.6 is 0 Å². The number of carbonyl (C=O) groups is 1. The molecule has 94 valence electrons. The van der Waals surface area contributed by atoms with Crippen LogP contribution < -0.4 is 0 Å². The van der Waals surface area contributed by atoms with E-state index in [9.17, 15) is 4.79 Å². The summed E-state index contributed by atoms with van der Waals surface area (Å²) in [6.07, 6.45) is 2.90. The quantitative estimate of drug-likeness (QED) is 0.648. The van der Waals surface area contributed by atoms with E-state index in [1.54, 1.807) is 0 Å². The van der Waals surface area contributed by atoms with Crippen molar-refractivity contribution in [2.45, 2.75) is 59.2 Å². The summed E-state index contributed by atoms with van der Waals surface area (Å²) in [5, 5.41) is 9.14. The molecule has 2 fully saturated rings. The molecule has 17 heavy (non-hydrogen) atoms. The molecule has 0 N–H and O–H groups in total. The van der Waals surface area contributed by atoms with Crippen molar-refractivity contribution in [1.82, 2.24) is 0 Å². The Morgan fingerprint density at radius 1 is 1.41 bits per heavy atom. The number of nitriles is 1. The normalized spacial score (nSPS) is 44.9. The molecule has 0 radical (unpaired) electrons. The standard InChI is InChI=1S/C14H21NO2/c1-9-5-6-14(4)7-10(8-15)11(16)13(2,3)12(14)17-9/h9-10,12H,5-7H2,1-4H3/t9?,10?,12-,14?/m0/s1. The van der Waals surface area contributed by atoms with Crippen molar-refractivity contribution in [2.75, 3.05) is 0 Å². The number of rotatable bonds is 0. The lowest BCUT2D eigenvalue weighted by Gasteiger charge is -2.54. The molecule has 1 heterocycles. The highest BCUT2D eigenvalue weighted by atomic mass is 16.5. The van der Waals surface area contributed by atoms with Crippen molar-refractivity contribution < 1.29 is 9.53 Å². The first kappa shape index (κ1) is 12.6. The largest absolute Gasteiger partial charge is 0.374 e. The fraction of sp³-hybridized carbons (Fsp3) is 0.857. The van der Waals surface area contributed by atoms with Gasteiger partial charge in [0.25, 0.3) is 0 Å². The Bertz CT molecular complexity index is 382. The van der Waals surface area contributed by atoms with E-state index in [1.165, 1.54) is 0 Å². The van der Waals surface area contributed by atoms with Crippen LogP contribution in [0.4, 0.5) is 0 Å². The van der Waals surface area contributed by atoms with Crippen LogP contribution in [-0.2, 0) is 9.53 Å². The summed E-state index contributed by atoms with van der Waals surface area (Å²) in [5.41, 5.74) is -0.563. The SMILES string of the molecule is CC1CCC2(C)CC(C#N)C(=O)C(C)(C)[C@@H]2O1. The molecule has 2 aliphatic rings. The second-order valence-electron chi connectivity index (χ2n) is 6.49. The summed E-state index contributed by atoms with van der Waals surface area (Å²) < 4.78 is 6.04. The molecule has 0 amide bonds. The fourth-order valence-electron chi connectivity index (χ4n) is 3.62. The number of Topliss-reactive ketones (excluding diaryl/α,β-unsaturated/α-hetero) is 1. The number of hydrogen-bond acceptors (Lipinski definition) is 3. The van der Waals surface area contributed by atoms with Gasteiger partial charge in [0.15, 0.2) is 5.78 Å². The van der Waals surface area contributed by atoms with Crippen LogP contribution in [0.15, 0.2) is 0 Å². The van der Waals surface area contributed by atoms with Crippen LogP contribution in [0.2, 0.25) is 0 Å². The molecule has 3 unspecified atom stereocenters. The highest BCUT2D eigenvalue weighted by Gasteiger charge is 2.57. The lowest BCUT2D eigenvalue weighted by Crippen LogP contribution is -2.59. The summed E-state index contributed by atoms with van der Waals surface area (Å²) in [6.45, 7) is 8.10. The van der Waals surface area contributed by atoms with E-state index in [-0.39, 0.29) is 23.4 Å². The van der Waals surface area contributed by atoms with E-state index >= 15 is 0 Å². The van der Waals surface area contributed by atoms with Crippen molar-refractivity contribution in [3.63, 3.8) is 0 Å². The van der Waals surface area contributed by atoms with Crippen LogP contribution in [-0.4, -0.2) is 18.0 Å². The zero-order valence-electron chi connectivity index (χ0n) is 11.1. The molecule has 1 saturated carbocycles. The van der Waals surface area contributed by atoms with Gasteiger partial charge in [-0.1, -0.05) is 20.8 Å². The molecule has 0 aromatic heterocycles. The molecule has 4 atom stereocenters. The molecule has 1 aliphatic carbocycles. The first-order valence-corrected chi connectivity index (χ1v) is 6.40. The van der Waals surface area contributed by atoms with Gasteiger partial charge in [-0.25, -0.2) is 0 Å². The molecule has 0 bridgehead atoms. The van der Waals surface area contributed by atoms with Crippen LogP contribution in [0.5, 0.6) is 0 Å². The number of ether oxygens (including phenoxy) is 1. The van der Waals surface area contributed by atoms with Gasteiger partial charge < -0.3 is 4.74 Å². The molecular weight excluding hydrogens is 214 g/mol. The maximum Gasteiger partial charge on any atom is 0.158 e. The van der Waals surface area contributed by atoms with Gasteiger partial charge in [-0.05, 0) is 31.6 Å². The second-order valence-corrected chi connectivity index (χ2v) is 6.49. The van der Waals surface area contributed by atoms with Gasteiger partial charge in [0.1, 0.15) is 5.92 Å². The van der Waals surface area contributed by atoms with E-state index in [1.807, 2.05) is 13.8 Å². The first-order valence-electron chi connectivity index (χ1n) is 6.40. The van der Waals surface area contributed by atoms with Crippen LogP contribution in [0, 0.1) is 28.1 Å². The highest BCUT2D eigenvalue weighted by molar-refractivity contribution is 5.90. The van der Waals surface area contributed by atoms with Gasteiger partial charge in [0, 0.05) is 0 Å². The number of carbonyl (C=O) groups excluding carboxylic acids is 1. The molecule has 3 heteroatoms. The van der Waals surface area contributed by atoms with E-state index in [4.69, 9.17) is 10.00 Å². The van der Waals surface area contributed by atoms with Crippen molar-refractivity contribution in [2.24, 2.45) is 16.7 Å². The third-order valence-electron chi connectivity index (χ3n) is 4.56. The number of hydrogen-bond donors (Lipinski definition) is 0. The van der Waals surface area contributed by atoms with Gasteiger partial charge in [-0.15, -0.1) is 0 Å². The number of nitrogens with zero attached hydrogens (tertiary/aromatic N) is 1. The van der Waals surface area contributed by atoms with E-state index in [0.717, 1.165) is 12.8 Å². The third-order valence-corrected chi connectivity index (χ3v) is 4.56. The van der Waals surface area contributed by atoms with Gasteiger partial charge in [-0.3, -0.25) is 4.79 Å². The summed E-state index contributed by atoms with van der Waals surface area (Å²) in [7, 11) is 0. The average Bonchev–Trinajstić information content (AvgIpc) is 2.27. The zero-order chi connectivity index (χ0) is 12.8. The Morgan fingerprint density at radius 3 is 2.65 bits per heavy atom. The summed E-state index contributed by atoms with van der Waals surface area (Å²) in [5.74, 6) is -0.403. The summed E-state index contributed by atoms with van der Waals surface area (Å²) in [6, 6.07) is 2.17. The van der Waals surface area contributed by atoms with Gasteiger partial charge >= 0.3 is 0 Å². The van der Waals surface area contributed by atoms with Gasteiger partial charge in [-0.2, -0.15) is 5.26 Å². The Morgan fingerprint density at radius 2 is 2.06 bits per heavy atom. The monoisotopic (exact) mass is 235 g/mol. The Kier molecular flexibility index (Phi) is 2.82. The fourth-order valence-corrected chi connectivity index (χ4v) is 3.62. The smallest absolute Gasteiger partial charge is 0.158 e. The lowest BCUT2D eigenvalue weighted by atomic mass is 9.55. The van der Waals surface area contributed by atoms with Crippen LogP contribution in [0.3, 0.4) is 0 Å². The number of fused-ring (bicyclic) bond motifs is 1. The molecule has 3 nitrogen and oxygen atoms in total. The molecule has 0 aromatic rings. The number of ketones is 1. The van der Waals surface area contributed by atoms with Crippen molar-refractivity contribution >= 4 is 5.78 Å². The Hall–Kier alpha value is -0.880.